The first-order valence-corrected chi connectivity index (χ1v) is 8.31. The summed E-state index contributed by atoms with van der Waals surface area (Å²) in [6, 6.07) is 3.87. The average Bonchev–Trinajstić information content (AvgIpc) is 2.63. The number of piperazine rings is 1. The van der Waals surface area contributed by atoms with Crippen molar-refractivity contribution in [2.24, 2.45) is 0 Å². The SMILES string of the molecule is Cc1ccc(N2CCN(C(=O)Cn3cnc(C)c(C)c3=O)CC2)nn1. The number of carbonyl (C=O) groups excluding carboxylic acids is 1. The first-order chi connectivity index (χ1) is 12.0. The Balaban J connectivity index is 1.61. The highest BCUT2D eigenvalue weighted by molar-refractivity contribution is 5.76. The van der Waals surface area contributed by atoms with E-state index in [-0.39, 0.29) is 18.0 Å². The highest BCUT2D eigenvalue weighted by atomic mass is 16.2. The maximum Gasteiger partial charge on any atom is 0.256 e. The van der Waals surface area contributed by atoms with Crippen LogP contribution < -0.4 is 10.5 Å². The van der Waals surface area contributed by atoms with Crippen molar-refractivity contribution in [2.45, 2.75) is 27.3 Å². The highest BCUT2D eigenvalue weighted by Crippen LogP contribution is 2.13. The fourth-order valence-electron chi connectivity index (χ4n) is 2.78. The predicted octanol–water partition coefficient (Wildman–Crippen LogP) is 0.307. The van der Waals surface area contributed by atoms with Gasteiger partial charge in [-0.05, 0) is 32.9 Å². The summed E-state index contributed by atoms with van der Waals surface area (Å²) < 4.78 is 1.38. The van der Waals surface area contributed by atoms with Crippen LogP contribution in [0.25, 0.3) is 0 Å². The Bertz CT molecular complexity index is 822. The van der Waals surface area contributed by atoms with Crippen molar-refractivity contribution in [1.29, 1.82) is 0 Å². The van der Waals surface area contributed by atoms with Crippen molar-refractivity contribution in [3.05, 3.63) is 45.8 Å². The Morgan fingerprint density at radius 1 is 1.08 bits per heavy atom. The van der Waals surface area contributed by atoms with E-state index in [2.05, 4.69) is 20.1 Å². The first-order valence-electron chi connectivity index (χ1n) is 8.31. The zero-order valence-electron chi connectivity index (χ0n) is 14.8. The van der Waals surface area contributed by atoms with Gasteiger partial charge in [0.05, 0.1) is 12.0 Å². The molecule has 3 rings (SSSR count). The highest BCUT2D eigenvalue weighted by Gasteiger charge is 2.22. The Morgan fingerprint density at radius 2 is 1.80 bits per heavy atom. The molecule has 2 aromatic heterocycles. The van der Waals surface area contributed by atoms with E-state index in [9.17, 15) is 9.59 Å². The lowest BCUT2D eigenvalue weighted by molar-refractivity contribution is -0.132. The van der Waals surface area contributed by atoms with E-state index < -0.39 is 0 Å². The third-order valence-electron chi connectivity index (χ3n) is 4.56. The summed E-state index contributed by atoms with van der Waals surface area (Å²) in [5.41, 5.74) is 2.00. The number of nitrogens with zero attached hydrogens (tertiary/aromatic N) is 6. The van der Waals surface area contributed by atoms with Crippen LogP contribution in [0.4, 0.5) is 5.82 Å². The lowest BCUT2D eigenvalue weighted by Crippen LogP contribution is -2.50. The molecular formula is C17H22N6O2. The molecule has 0 aliphatic carbocycles. The molecule has 1 saturated heterocycles. The largest absolute Gasteiger partial charge is 0.352 e. The van der Waals surface area contributed by atoms with Crippen LogP contribution in [0, 0.1) is 20.8 Å². The summed E-state index contributed by atoms with van der Waals surface area (Å²) >= 11 is 0. The maximum absolute atomic E-state index is 12.5. The van der Waals surface area contributed by atoms with Gasteiger partial charge in [-0.3, -0.25) is 14.2 Å². The summed E-state index contributed by atoms with van der Waals surface area (Å²) in [7, 11) is 0. The average molecular weight is 342 g/mol. The Morgan fingerprint density at radius 3 is 2.44 bits per heavy atom. The van der Waals surface area contributed by atoms with Crippen LogP contribution in [-0.2, 0) is 11.3 Å². The van der Waals surface area contributed by atoms with Crippen LogP contribution in [0.5, 0.6) is 0 Å². The van der Waals surface area contributed by atoms with Gasteiger partial charge in [0.15, 0.2) is 5.82 Å². The minimum absolute atomic E-state index is 0.0251. The van der Waals surface area contributed by atoms with Crippen molar-refractivity contribution in [3.63, 3.8) is 0 Å². The van der Waals surface area contributed by atoms with Crippen LogP contribution >= 0.6 is 0 Å². The lowest BCUT2D eigenvalue weighted by atomic mass is 10.2. The first kappa shape index (κ1) is 17.1. The molecule has 1 amide bonds. The number of aromatic nitrogens is 4. The van der Waals surface area contributed by atoms with E-state index >= 15 is 0 Å². The fraction of sp³-hybridized carbons (Fsp3) is 0.471. The minimum atomic E-state index is -0.158. The van der Waals surface area contributed by atoms with Crippen LogP contribution in [0.1, 0.15) is 17.0 Å². The number of carbonyl (C=O) groups is 1. The standard InChI is InChI=1S/C17H22N6O2/c1-12-4-5-15(20-19-12)21-6-8-22(9-7-21)16(24)10-23-11-18-14(3)13(2)17(23)25/h4-5,11H,6-10H2,1-3H3. The van der Waals surface area contributed by atoms with Gasteiger partial charge in [0.2, 0.25) is 5.91 Å². The monoisotopic (exact) mass is 342 g/mol. The van der Waals surface area contributed by atoms with Crippen LogP contribution in [-0.4, -0.2) is 56.7 Å². The molecule has 3 heterocycles. The molecule has 0 atom stereocenters. The van der Waals surface area contributed by atoms with E-state index in [1.807, 2.05) is 19.1 Å². The van der Waals surface area contributed by atoms with E-state index in [1.54, 1.807) is 18.7 Å². The molecule has 8 heteroatoms. The molecule has 0 spiro atoms. The maximum atomic E-state index is 12.5. The number of amides is 1. The van der Waals surface area contributed by atoms with Gasteiger partial charge in [-0.1, -0.05) is 0 Å². The number of aryl methyl sites for hydroxylation is 2. The smallest absolute Gasteiger partial charge is 0.256 e. The zero-order chi connectivity index (χ0) is 18.0. The molecule has 1 fully saturated rings. The molecule has 0 N–H and O–H groups in total. The molecule has 0 radical (unpaired) electrons. The van der Waals surface area contributed by atoms with Gasteiger partial charge >= 0.3 is 0 Å². The van der Waals surface area contributed by atoms with Gasteiger partial charge < -0.3 is 9.80 Å². The Kier molecular flexibility index (Phi) is 4.78. The van der Waals surface area contributed by atoms with E-state index in [0.717, 1.165) is 11.5 Å². The molecule has 0 aromatic carbocycles. The van der Waals surface area contributed by atoms with Gasteiger partial charge in [-0.15, -0.1) is 5.10 Å². The van der Waals surface area contributed by atoms with Gasteiger partial charge in [-0.25, -0.2) is 4.98 Å². The Hall–Kier alpha value is -2.77. The molecule has 1 aliphatic heterocycles. The van der Waals surface area contributed by atoms with Crippen molar-refractivity contribution in [3.8, 4) is 0 Å². The van der Waals surface area contributed by atoms with Crippen LogP contribution in [0.15, 0.2) is 23.3 Å². The van der Waals surface area contributed by atoms with Crippen molar-refractivity contribution < 1.29 is 4.79 Å². The predicted molar refractivity (Wildman–Crippen MR) is 93.5 cm³/mol. The van der Waals surface area contributed by atoms with Crippen molar-refractivity contribution >= 4 is 11.7 Å². The third kappa shape index (κ3) is 3.67. The summed E-state index contributed by atoms with van der Waals surface area (Å²) in [5.74, 6) is 0.758. The summed E-state index contributed by atoms with van der Waals surface area (Å²) in [4.78, 5) is 32.8. The second kappa shape index (κ2) is 7.00. The van der Waals surface area contributed by atoms with Crippen molar-refractivity contribution in [1.82, 2.24) is 24.6 Å². The zero-order valence-corrected chi connectivity index (χ0v) is 14.8. The summed E-state index contributed by atoms with van der Waals surface area (Å²) in [6.07, 6.45) is 1.45. The second-order valence-electron chi connectivity index (χ2n) is 6.29. The minimum Gasteiger partial charge on any atom is -0.352 e. The normalized spacial score (nSPS) is 14.7. The summed E-state index contributed by atoms with van der Waals surface area (Å²) in [6.45, 7) is 8.04. The molecule has 2 aromatic rings. The molecule has 0 bridgehead atoms. The molecule has 0 unspecified atom stereocenters. The second-order valence-corrected chi connectivity index (χ2v) is 6.29. The molecule has 132 valence electrons. The van der Waals surface area contributed by atoms with E-state index in [0.29, 0.717) is 37.4 Å². The molecule has 25 heavy (non-hydrogen) atoms. The van der Waals surface area contributed by atoms with Crippen molar-refractivity contribution in [2.75, 3.05) is 31.1 Å². The number of rotatable bonds is 3. The summed E-state index contributed by atoms with van der Waals surface area (Å²) in [5, 5.41) is 8.26. The van der Waals surface area contributed by atoms with Gasteiger partial charge in [-0.2, -0.15) is 5.10 Å². The molecule has 1 aliphatic rings. The third-order valence-corrected chi connectivity index (χ3v) is 4.56. The molecule has 0 saturated carbocycles. The van der Waals surface area contributed by atoms with Gasteiger partial charge in [0.25, 0.3) is 5.56 Å². The lowest BCUT2D eigenvalue weighted by Gasteiger charge is -2.35. The van der Waals surface area contributed by atoms with Gasteiger partial charge in [0.1, 0.15) is 6.54 Å². The number of hydrogen-bond donors (Lipinski definition) is 0. The fourth-order valence-corrected chi connectivity index (χ4v) is 2.78. The van der Waals surface area contributed by atoms with Gasteiger partial charge in [0, 0.05) is 37.4 Å². The van der Waals surface area contributed by atoms with Crippen LogP contribution in [0.3, 0.4) is 0 Å². The Labute approximate surface area is 146 Å². The number of anilines is 1. The van der Waals surface area contributed by atoms with E-state index in [1.165, 1.54) is 10.9 Å². The van der Waals surface area contributed by atoms with Crippen LogP contribution in [0.2, 0.25) is 0 Å². The quantitative estimate of drug-likeness (QED) is 0.798. The number of hydrogen-bond acceptors (Lipinski definition) is 6. The topological polar surface area (TPSA) is 84.2 Å². The van der Waals surface area contributed by atoms with E-state index in [4.69, 9.17) is 0 Å². The molecular weight excluding hydrogens is 320 g/mol. The molecule has 8 nitrogen and oxygen atoms in total.